The van der Waals surface area contributed by atoms with Crippen LogP contribution in [0.4, 0.5) is 0 Å². The molecule has 148 valence electrons. The number of carbonyl (C=O) groups excluding carboxylic acids is 3. The maximum Gasteiger partial charge on any atom is 0.255 e. The van der Waals surface area contributed by atoms with Crippen LogP contribution in [0.2, 0.25) is 0 Å². The van der Waals surface area contributed by atoms with E-state index >= 15 is 0 Å². The Bertz CT molecular complexity index is 848. The Morgan fingerprint density at radius 2 is 2.04 bits per heavy atom. The van der Waals surface area contributed by atoms with E-state index in [1.54, 1.807) is 4.90 Å². The average Bonchev–Trinajstić information content (AvgIpc) is 2.98. The van der Waals surface area contributed by atoms with Crippen molar-refractivity contribution in [3.05, 3.63) is 34.9 Å². The van der Waals surface area contributed by atoms with Crippen LogP contribution in [0.15, 0.2) is 18.2 Å². The van der Waals surface area contributed by atoms with Crippen molar-refractivity contribution in [2.75, 3.05) is 19.6 Å². The first kappa shape index (κ1) is 17.8. The quantitative estimate of drug-likeness (QED) is 0.755. The second kappa shape index (κ2) is 6.67. The molecule has 0 aromatic heterocycles. The maximum absolute atomic E-state index is 13.3. The van der Waals surface area contributed by atoms with Crippen molar-refractivity contribution in [2.24, 2.45) is 0 Å². The number of hydrogen-bond acceptors (Lipinski definition) is 5. The summed E-state index contributed by atoms with van der Waals surface area (Å²) in [5, 5.41) is 5.90. The van der Waals surface area contributed by atoms with Gasteiger partial charge in [-0.15, -0.1) is 0 Å². The number of amides is 3. The molecule has 1 unspecified atom stereocenters. The lowest BCUT2D eigenvalue weighted by molar-refractivity contribution is -0.136. The molecule has 5 rings (SSSR count). The molecule has 2 saturated heterocycles. The van der Waals surface area contributed by atoms with Gasteiger partial charge in [0, 0.05) is 50.2 Å². The molecule has 1 saturated carbocycles. The number of fused-ring (bicyclic) bond motifs is 1. The molecule has 3 heterocycles. The van der Waals surface area contributed by atoms with E-state index in [2.05, 4.69) is 21.6 Å². The third-order valence-corrected chi connectivity index (χ3v) is 6.97. The van der Waals surface area contributed by atoms with Gasteiger partial charge >= 0.3 is 0 Å². The highest BCUT2D eigenvalue weighted by atomic mass is 16.2. The predicted molar refractivity (Wildman–Crippen MR) is 102 cm³/mol. The van der Waals surface area contributed by atoms with Gasteiger partial charge in [-0.1, -0.05) is 18.2 Å². The highest BCUT2D eigenvalue weighted by Gasteiger charge is 2.45. The van der Waals surface area contributed by atoms with Gasteiger partial charge in [-0.05, 0) is 36.8 Å². The Kier molecular flexibility index (Phi) is 4.25. The fourth-order valence-corrected chi connectivity index (χ4v) is 5.24. The van der Waals surface area contributed by atoms with Crippen LogP contribution in [0.5, 0.6) is 0 Å². The lowest BCUT2D eigenvalue weighted by Crippen LogP contribution is -2.64. The van der Waals surface area contributed by atoms with Crippen molar-refractivity contribution in [3.8, 4) is 0 Å². The van der Waals surface area contributed by atoms with E-state index in [0.29, 0.717) is 13.0 Å². The number of benzene rings is 1. The molecule has 3 aliphatic heterocycles. The normalized spacial score (nSPS) is 26.9. The lowest BCUT2D eigenvalue weighted by atomic mass is 9.74. The first-order chi connectivity index (χ1) is 13.6. The molecule has 2 N–H and O–H groups in total. The smallest absolute Gasteiger partial charge is 0.255 e. The van der Waals surface area contributed by atoms with Crippen molar-refractivity contribution in [1.29, 1.82) is 0 Å². The van der Waals surface area contributed by atoms with Crippen molar-refractivity contribution >= 4 is 17.7 Å². The molecule has 1 spiro atoms. The third kappa shape index (κ3) is 2.76. The van der Waals surface area contributed by atoms with Crippen LogP contribution in [-0.2, 0) is 22.7 Å². The van der Waals surface area contributed by atoms with Crippen LogP contribution < -0.4 is 10.6 Å². The summed E-state index contributed by atoms with van der Waals surface area (Å²) in [5.74, 6) is -0.678. The summed E-state index contributed by atoms with van der Waals surface area (Å²) < 4.78 is 0. The van der Waals surface area contributed by atoms with Gasteiger partial charge in [0.1, 0.15) is 6.04 Å². The molecule has 0 radical (unpaired) electrons. The van der Waals surface area contributed by atoms with Gasteiger partial charge in [-0.25, -0.2) is 0 Å². The van der Waals surface area contributed by atoms with Crippen LogP contribution >= 0.6 is 0 Å². The van der Waals surface area contributed by atoms with Gasteiger partial charge in [0.15, 0.2) is 0 Å². The van der Waals surface area contributed by atoms with Crippen LogP contribution in [0, 0.1) is 0 Å². The third-order valence-electron chi connectivity index (χ3n) is 6.97. The Hall–Kier alpha value is -2.25. The molecule has 3 amide bonds. The van der Waals surface area contributed by atoms with E-state index in [-0.39, 0.29) is 29.7 Å². The largest absolute Gasteiger partial charge is 0.322 e. The van der Waals surface area contributed by atoms with Crippen molar-refractivity contribution in [1.82, 2.24) is 20.4 Å². The fraction of sp³-hybridized carbons (Fsp3) is 0.571. The predicted octanol–water partition coefficient (Wildman–Crippen LogP) is 0.776. The van der Waals surface area contributed by atoms with Crippen LogP contribution in [0.3, 0.4) is 0 Å². The second-order valence-electron chi connectivity index (χ2n) is 8.53. The van der Waals surface area contributed by atoms with E-state index < -0.39 is 6.04 Å². The Balaban J connectivity index is 1.40. The van der Waals surface area contributed by atoms with E-state index in [1.165, 1.54) is 19.3 Å². The SMILES string of the molecule is O=C1CCC(N2Cc3cccc(CN4CCNCC45CCC5)c3C2=O)C(=O)N1. The van der Waals surface area contributed by atoms with Crippen molar-refractivity contribution in [3.63, 3.8) is 0 Å². The Morgan fingerprint density at radius 3 is 2.79 bits per heavy atom. The Morgan fingerprint density at radius 1 is 1.18 bits per heavy atom. The van der Waals surface area contributed by atoms with Crippen LogP contribution in [0.1, 0.15) is 53.6 Å². The second-order valence-corrected chi connectivity index (χ2v) is 8.53. The zero-order chi connectivity index (χ0) is 19.3. The molecule has 7 heteroatoms. The number of nitrogens with one attached hydrogen (secondary N) is 2. The van der Waals surface area contributed by atoms with Gasteiger partial charge < -0.3 is 10.2 Å². The summed E-state index contributed by atoms with van der Waals surface area (Å²) >= 11 is 0. The van der Waals surface area contributed by atoms with Crippen molar-refractivity contribution < 1.29 is 14.4 Å². The summed E-state index contributed by atoms with van der Waals surface area (Å²) in [7, 11) is 0. The summed E-state index contributed by atoms with van der Waals surface area (Å²) in [6.07, 6.45) is 4.39. The van der Waals surface area contributed by atoms with Crippen LogP contribution in [-0.4, -0.2) is 58.7 Å². The van der Waals surface area contributed by atoms with Crippen LogP contribution in [0.25, 0.3) is 0 Å². The molecule has 1 aromatic carbocycles. The number of nitrogens with zero attached hydrogens (tertiary/aromatic N) is 2. The highest BCUT2D eigenvalue weighted by molar-refractivity contribution is 6.05. The molecule has 28 heavy (non-hydrogen) atoms. The average molecular weight is 382 g/mol. The zero-order valence-electron chi connectivity index (χ0n) is 16.0. The highest BCUT2D eigenvalue weighted by Crippen LogP contribution is 2.40. The minimum absolute atomic E-state index is 0.0714. The summed E-state index contributed by atoms with van der Waals surface area (Å²) in [6, 6.07) is 5.51. The Labute approximate surface area is 164 Å². The minimum Gasteiger partial charge on any atom is -0.322 e. The van der Waals surface area contributed by atoms with Gasteiger partial charge in [-0.3, -0.25) is 24.6 Å². The standard InChI is InChI=1S/C21H26N4O3/c26-17-6-5-16(19(27)23-17)25-12-15-4-1-3-14(18(15)20(25)28)11-24-10-9-22-13-21(24)7-2-8-21/h1,3-4,16,22H,2,5-13H2,(H,23,26,27). The molecule has 0 bridgehead atoms. The minimum atomic E-state index is -0.553. The molecule has 7 nitrogen and oxygen atoms in total. The lowest BCUT2D eigenvalue weighted by Gasteiger charge is -2.53. The topological polar surface area (TPSA) is 81.8 Å². The molecule has 4 aliphatic rings. The molecule has 3 fully saturated rings. The summed E-state index contributed by atoms with van der Waals surface area (Å²) in [4.78, 5) is 41.2. The van der Waals surface area contributed by atoms with E-state index in [9.17, 15) is 14.4 Å². The molecular weight excluding hydrogens is 356 g/mol. The van der Waals surface area contributed by atoms with Gasteiger partial charge in [0.25, 0.3) is 5.91 Å². The number of rotatable bonds is 3. The van der Waals surface area contributed by atoms with E-state index in [1.807, 2.05) is 12.1 Å². The maximum atomic E-state index is 13.3. The first-order valence-corrected chi connectivity index (χ1v) is 10.3. The molecule has 1 aromatic rings. The van der Waals surface area contributed by atoms with Gasteiger partial charge in [-0.2, -0.15) is 0 Å². The first-order valence-electron chi connectivity index (χ1n) is 10.3. The number of imide groups is 1. The van der Waals surface area contributed by atoms with Gasteiger partial charge in [0.05, 0.1) is 0 Å². The molecule has 1 aliphatic carbocycles. The fourth-order valence-electron chi connectivity index (χ4n) is 5.24. The van der Waals surface area contributed by atoms with E-state index in [4.69, 9.17) is 0 Å². The summed E-state index contributed by atoms with van der Waals surface area (Å²) in [5.41, 5.74) is 3.06. The number of piperidine rings is 1. The number of piperazine rings is 1. The van der Waals surface area contributed by atoms with E-state index in [0.717, 1.165) is 42.9 Å². The number of carbonyl (C=O) groups is 3. The number of hydrogen-bond donors (Lipinski definition) is 2. The van der Waals surface area contributed by atoms with Gasteiger partial charge in [0.2, 0.25) is 11.8 Å². The monoisotopic (exact) mass is 382 g/mol. The molecule has 1 atom stereocenters. The summed E-state index contributed by atoms with van der Waals surface area (Å²) in [6.45, 7) is 4.22. The molecular formula is C21H26N4O3. The van der Waals surface area contributed by atoms with Crippen molar-refractivity contribution in [2.45, 2.75) is 56.8 Å². The zero-order valence-corrected chi connectivity index (χ0v) is 16.0.